The molecule has 1 aromatic carbocycles. The molecule has 2 atom stereocenters. The van der Waals surface area contributed by atoms with Crippen LogP contribution in [0.25, 0.3) is 0 Å². The number of urea groups is 1. The molecule has 130 valence electrons. The van der Waals surface area contributed by atoms with Gasteiger partial charge in [0, 0.05) is 30.4 Å². The molecule has 0 bridgehead atoms. The lowest BCUT2D eigenvalue weighted by atomic mass is 9.90. The van der Waals surface area contributed by atoms with Crippen LogP contribution >= 0.6 is 11.8 Å². The van der Waals surface area contributed by atoms with Crippen LogP contribution in [0.1, 0.15) is 37.7 Å². The number of hydrogen-bond acceptors (Lipinski definition) is 3. The number of thioether (sulfide) groups is 1. The summed E-state index contributed by atoms with van der Waals surface area (Å²) >= 11 is 1.97. The van der Waals surface area contributed by atoms with Gasteiger partial charge in [-0.15, -0.1) is 0 Å². The highest BCUT2D eigenvalue weighted by Crippen LogP contribution is 2.47. The van der Waals surface area contributed by atoms with E-state index in [1.807, 2.05) is 17.8 Å². The zero-order valence-corrected chi connectivity index (χ0v) is 14.9. The first-order valence-corrected chi connectivity index (χ1v) is 10.2. The Morgan fingerprint density at radius 3 is 2.79 bits per heavy atom. The minimum atomic E-state index is -0.0232. The number of benzene rings is 1. The summed E-state index contributed by atoms with van der Waals surface area (Å²) in [6.45, 7) is 1.49. The molecule has 4 nitrogen and oxygen atoms in total. The maximum Gasteiger partial charge on any atom is 0.315 e. The lowest BCUT2D eigenvalue weighted by Crippen LogP contribution is -2.51. The van der Waals surface area contributed by atoms with Crippen LogP contribution in [-0.2, 0) is 10.2 Å². The van der Waals surface area contributed by atoms with Crippen LogP contribution in [0.3, 0.4) is 0 Å². The van der Waals surface area contributed by atoms with Gasteiger partial charge < -0.3 is 15.4 Å². The Labute approximate surface area is 148 Å². The van der Waals surface area contributed by atoms with E-state index in [0.29, 0.717) is 0 Å². The van der Waals surface area contributed by atoms with E-state index in [1.54, 1.807) is 0 Å². The van der Waals surface area contributed by atoms with Gasteiger partial charge in [0.15, 0.2) is 0 Å². The highest BCUT2D eigenvalue weighted by atomic mass is 32.2. The molecule has 0 radical (unpaired) electrons. The fraction of sp³-hybridized carbons (Fsp3) is 0.632. The number of rotatable bonds is 4. The van der Waals surface area contributed by atoms with Crippen molar-refractivity contribution in [2.45, 2.75) is 49.2 Å². The molecule has 1 saturated carbocycles. The number of amides is 2. The molecule has 24 heavy (non-hydrogen) atoms. The van der Waals surface area contributed by atoms with Crippen LogP contribution in [0.5, 0.6) is 0 Å². The summed E-state index contributed by atoms with van der Waals surface area (Å²) in [6, 6.07) is 10.8. The molecule has 2 saturated heterocycles. The standard InChI is InChI=1S/C19H26N2O2S/c22-17(20-13-18(7-8-18)15-4-2-1-3-5-15)21-16-6-10-23-19(12-16)9-11-24-14-19/h1-5,16H,6-14H2,(H2,20,21,22)/t16-,19+/m1/s1. The molecule has 2 N–H and O–H groups in total. The summed E-state index contributed by atoms with van der Waals surface area (Å²) in [5, 5.41) is 6.30. The summed E-state index contributed by atoms with van der Waals surface area (Å²) in [5.74, 6) is 2.25. The van der Waals surface area contributed by atoms with E-state index in [-0.39, 0.29) is 23.1 Å². The van der Waals surface area contributed by atoms with E-state index in [1.165, 1.54) is 11.3 Å². The Kier molecular flexibility index (Phi) is 4.48. The number of carbonyl (C=O) groups excluding carboxylic acids is 1. The van der Waals surface area contributed by atoms with Crippen molar-refractivity contribution in [3.63, 3.8) is 0 Å². The van der Waals surface area contributed by atoms with Gasteiger partial charge in [-0.05, 0) is 43.4 Å². The second-order valence-electron chi connectivity index (χ2n) is 7.50. The molecule has 1 aliphatic carbocycles. The molecule has 0 aromatic heterocycles. The fourth-order valence-electron chi connectivity index (χ4n) is 4.01. The monoisotopic (exact) mass is 346 g/mol. The lowest BCUT2D eigenvalue weighted by molar-refractivity contribution is -0.0684. The van der Waals surface area contributed by atoms with Crippen molar-refractivity contribution >= 4 is 17.8 Å². The van der Waals surface area contributed by atoms with Gasteiger partial charge in [0.05, 0.1) is 5.60 Å². The number of carbonyl (C=O) groups is 1. The quantitative estimate of drug-likeness (QED) is 0.881. The number of ether oxygens (including phenoxy) is 1. The zero-order chi connectivity index (χ0) is 16.5. The third kappa shape index (κ3) is 3.42. The second-order valence-corrected chi connectivity index (χ2v) is 8.60. The Morgan fingerprint density at radius 1 is 1.25 bits per heavy atom. The maximum atomic E-state index is 12.4. The summed E-state index contributed by atoms with van der Waals surface area (Å²) in [7, 11) is 0. The SMILES string of the molecule is O=C(NCC1(c2ccccc2)CC1)N[C@@H]1CCO[C@@]2(CCSC2)C1. The Bertz CT molecular complexity index is 582. The Morgan fingerprint density at radius 2 is 2.08 bits per heavy atom. The van der Waals surface area contributed by atoms with Crippen molar-refractivity contribution in [2.24, 2.45) is 0 Å². The molecule has 1 aromatic rings. The van der Waals surface area contributed by atoms with E-state index < -0.39 is 0 Å². The van der Waals surface area contributed by atoms with Crippen molar-refractivity contribution < 1.29 is 9.53 Å². The second kappa shape index (κ2) is 6.60. The van der Waals surface area contributed by atoms with Crippen molar-refractivity contribution in [1.29, 1.82) is 0 Å². The van der Waals surface area contributed by atoms with Crippen LogP contribution in [0.4, 0.5) is 4.79 Å². The molecule has 4 rings (SSSR count). The van der Waals surface area contributed by atoms with Gasteiger partial charge >= 0.3 is 6.03 Å². The smallest absolute Gasteiger partial charge is 0.315 e. The molecule has 3 aliphatic rings. The first-order valence-electron chi connectivity index (χ1n) is 9.02. The Hall–Kier alpha value is -1.20. The molecule has 1 spiro atoms. The highest BCUT2D eigenvalue weighted by molar-refractivity contribution is 7.99. The zero-order valence-electron chi connectivity index (χ0n) is 14.1. The van der Waals surface area contributed by atoms with Crippen molar-refractivity contribution in [1.82, 2.24) is 10.6 Å². The van der Waals surface area contributed by atoms with Crippen LogP contribution in [0, 0.1) is 0 Å². The molecule has 2 aliphatic heterocycles. The predicted molar refractivity (Wildman–Crippen MR) is 97.5 cm³/mol. The topological polar surface area (TPSA) is 50.4 Å². The van der Waals surface area contributed by atoms with Gasteiger partial charge in [-0.25, -0.2) is 4.79 Å². The summed E-state index contributed by atoms with van der Waals surface area (Å²) in [4.78, 5) is 12.4. The van der Waals surface area contributed by atoms with Crippen LogP contribution in [0.2, 0.25) is 0 Å². The Balaban J connectivity index is 1.28. The average Bonchev–Trinajstić information content (AvgIpc) is 3.28. The molecule has 2 heterocycles. The van der Waals surface area contributed by atoms with Crippen LogP contribution in [-0.4, -0.2) is 42.3 Å². The van der Waals surface area contributed by atoms with Crippen molar-refractivity contribution in [3.8, 4) is 0 Å². The van der Waals surface area contributed by atoms with Gasteiger partial charge in [-0.2, -0.15) is 11.8 Å². The first kappa shape index (κ1) is 16.3. The summed E-state index contributed by atoms with van der Waals surface area (Å²) in [5.41, 5.74) is 1.53. The molecule has 3 fully saturated rings. The molecular formula is C19H26N2O2S. The van der Waals surface area contributed by atoms with Crippen LogP contribution < -0.4 is 10.6 Å². The molecular weight excluding hydrogens is 320 g/mol. The molecule has 0 unspecified atom stereocenters. The summed E-state index contributed by atoms with van der Waals surface area (Å²) < 4.78 is 6.03. The molecule has 2 amide bonds. The van der Waals surface area contributed by atoms with Gasteiger partial charge in [0.1, 0.15) is 0 Å². The van der Waals surface area contributed by atoms with Gasteiger partial charge in [0.25, 0.3) is 0 Å². The first-order chi connectivity index (χ1) is 11.7. The highest BCUT2D eigenvalue weighted by Gasteiger charge is 2.44. The van der Waals surface area contributed by atoms with E-state index in [9.17, 15) is 4.79 Å². The van der Waals surface area contributed by atoms with E-state index >= 15 is 0 Å². The minimum absolute atomic E-state index is 0.0165. The van der Waals surface area contributed by atoms with E-state index in [0.717, 1.165) is 51.0 Å². The maximum absolute atomic E-state index is 12.4. The fourth-order valence-corrected chi connectivity index (χ4v) is 5.39. The van der Waals surface area contributed by atoms with E-state index in [2.05, 4.69) is 34.9 Å². The normalized spacial score (nSPS) is 30.9. The molecule has 5 heteroatoms. The minimum Gasteiger partial charge on any atom is -0.374 e. The number of nitrogens with one attached hydrogen (secondary N) is 2. The van der Waals surface area contributed by atoms with Gasteiger partial charge in [-0.3, -0.25) is 0 Å². The number of hydrogen-bond donors (Lipinski definition) is 2. The lowest BCUT2D eigenvalue weighted by Gasteiger charge is -2.38. The average molecular weight is 346 g/mol. The van der Waals surface area contributed by atoms with Crippen LogP contribution in [0.15, 0.2) is 30.3 Å². The van der Waals surface area contributed by atoms with Crippen molar-refractivity contribution in [3.05, 3.63) is 35.9 Å². The van der Waals surface area contributed by atoms with Gasteiger partial charge in [-0.1, -0.05) is 30.3 Å². The van der Waals surface area contributed by atoms with Gasteiger partial charge in [0.2, 0.25) is 0 Å². The predicted octanol–water partition coefficient (Wildman–Crippen LogP) is 3.07. The third-order valence-electron chi connectivity index (χ3n) is 5.72. The van der Waals surface area contributed by atoms with Crippen molar-refractivity contribution in [2.75, 3.05) is 24.7 Å². The van der Waals surface area contributed by atoms with E-state index in [4.69, 9.17) is 4.74 Å². The summed E-state index contributed by atoms with van der Waals surface area (Å²) in [6.07, 6.45) is 5.32. The largest absolute Gasteiger partial charge is 0.374 e. The third-order valence-corrected chi connectivity index (χ3v) is 6.95.